The predicted octanol–water partition coefficient (Wildman–Crippen LogP) is 3.70. The summed E-state index contributed by atoms with van der Waals surface area (Å²) in [6, 6.07) is 0. The van der Waals surface area contributed by atoms with Gasteiger partial charge in [0.05, 0.1) is 6.61 Å². The van der Waals surface area contributed by atoms with Gasteiger partial charge in [0.15, 0.2) is 0 Å². The summed E-state index contributed by atoms with van der Waals surface area (Å²) in [7, 11) is 0. The molecule has 4 heteroatoms. The van der Waals surface area contributed by atoms with Crippen LogP contribution in [0.1, 0.15) is 64.7 Å². The summed E-state index contributed by atoms with van der Waals surface area (Å²) in [6.45, 7) is 2.60. The van der Waals surface area contributed by atoms with Crippen LogP contribution in [0.15, 0.2) is 12.2 Å². The molecular formula is C15H26O4. The number of unbranched alkanes of at least 4 members (excludes halogenated alkanes) is 4. The standard InChI is InChI=1S/C15H26O4/c1-2-3-4-5-6-10-13-19-15(18)12-9-7-8-11-14(16)17/h3-4H,2,5-13H2,1H3,(H,16,17)/b4-3-. The number of ether oxygens (including phenoxy) is 1. The number of esters is 1. The average Bonchev–Trinajstić information content (AvgIpc) is 2.37. The Morgan fingerprint density at radius 1 is 1.00 bits per heavy atom. The molecule has 19 heavy (non-hydrogen) atoms. The van der Waals surface area contributed by atoms with Crippen LogP contribution >= 0.6 is 0 Å². The Bertz CT molecular complexity index is 271. The molecule has 0 heterocycles. The number of rotatable bonds is 12. The normalized spacial score (nSPS) is 10.8. The second-order valence-corrected chi connectivity index (χ2v) is 4.55. The van der Waals surface area contributed by atoms with E-state index in [-0.39, 0.29) is 12.4 Å². The number of carbonyl (C=O) groups is 2. The zero-order valence-corrected chi connectivity index (χ0v) is 11.9. The highest BCUT2D eigenvalue weighted by Crippen LogP contribution is 2.05. The fourth-order valence-electron chi connectivity index (χ4n) is 1.63. The van der Waals surface area contributed by atoms with Crippen LogP contribution < -0.4 is 0 Å². The molecule has 0 aromatic heterocycles. The minimum absolute atomic E-state index is 0.167. The van der Waals surface area contributed by atoms with E-state index < -0.39 is 5.97 Å². The van der Waals surface area contributed by atoms with Gasteiger partial charge in [-0.1, -0.05) is 25.5 Å². The largest absolute Gasteiger partial charge is 0.481 e. The molecule has 110 valence electrons. The molecule has 0 spiro atoms. The van der Waals surface area contributed by atoms with Crippen LogP contribution in [-0.2, 0) is 14.3 Å². The summed E-state index contributed by atoms with van der Waals surface area (Å²) in [6.07, 6.45) is 11.0. The van der Waals surface area contributed by atoms with E-state index in [0.717, 1.165) is 32.1 Å². The van der Waals surface area contributed by atoms with Crippen LogP contribution in [0.2, 0.25) is 0 Å². The minimum Gasteiger partial charge on any atom is -0.481 e. The van der Waals surface area contributed by atoms with Crippen molar-refractivity contribution in [3.63, 3.8) is 0 Å². The quantitative estimate of drug-likeness (QED) is 0.333. The van der Waals surface area contributed by atoms with Gasteiger partial charge in [-0.3, -0.25) is 9.59 Å². The van der Waals surface area contributed by atoms with Gasteiger partial charge in [0, 0.05) is 12.8 Å². The molecule has 0 saturated carbocycles. The summed E-state index contributed by atoms with van der Waals surface area (Å²) in [5.74, 6) is -0.945. The van der Waals surface area contributed by atoms with E-state index in [1.165, 1.54) is 0 Å². The van der Waals surface area contributed by atoms with E-state index in [1.54, 1.807) is 0 Å². The van der Waals surface area contributed by atoms with Gasteiger partial charge in [0.25, 0.3) is 0 Å². The van der Waals surface area contributed by atoms with Crippen molar-refractivity contribution in [2.45, 2.75) is 64.7 Å². The Morgan fingerprint density at radius 3 is 2.42 bits per heavy atom. The number of carboxylic acids is 1. The Kier molecular flexibility index (Phi) is 12.2. The van der Waals surface area contributed by atoms with Crippen LogP contribution in [0, 0.1) is 0 Å². The molecule has 1 N–H and O–H groups in total. The molecule has 0 aliphatic rings. The molecule has 0 aromatic rings. The Balaban J connectivity index is 3.25. The van der Waals surface area contributed by atoms with E-state index in [9.17, 15) is 9.59 Å². The van der Waals surface area contributed by atoms with Crippen molar-refractivity contribution in [3.05, 3.63) is 12.2 Å². The van der Waals surface area contributed by atoms with Crippen molar-refractivity contribution < 1.29 is 19.4 Å². The molecule has 0 aliphatic carbocycles. The first-order valence-corrected chi connectivity index (χ1v) is 7.19. The van der Waals surface area contributed by atoms with E-state index >= 15 is 0 Å². The fourth-order valence-corrected chi connectivity index (χ4v) is 1.63. The van der Waals surface area contributed by atoms with Crippen LogP contribution in [-0.4, -0.2) is 23.7 Å². The van der Waals surface area contributed by atoms with Crippen LogP contribution in [0.5, 0.6) is 0 Å². The minimum atomic E-state index is -0.778. The van der Waals surface area contributed by atoms with Gasteiger partial charge in [-0.25, -0.2) is 0 Å². The van der Waals surface area contributed by atoms with E-state index in [2.05, 4.69) is 19.1 Å². The molecule has 0 aromatic carbocycles. The third-order valence-electron chi connectivity index (χ3n) is 2.70. The lowest BCUT2D eigenvalue weighted by Gasteiger charge is -2.04. The molecular weight excluding hydrogens is 244 g/mol. The SMILES string of the molecule is CC/C=C\CCCCOC(=O)CCCCCC(=O)O. The smallest absolute Gasteiger partial charge is 0.305 e. The Hall–Kier alpha value is -1.32. The second kappa shape index (κ2) is 13.1. The summed E-state index contributed by atoms with van der Waals surface area (Å²) in [5.41, 5.74) is 0. The molecule has 0 bridgehead atoms. The first kappa shape index (κ1) is 17.7. The van der Waals surface area contributed by atoms with Gasteiger partial charge in [0.2, 0.25) is 0 Å². The molecule has 0 saturated heterocycles. The maximum atomic E-state index is 11.3. The first-order valence-electron chi connectivity index (χ1n) is 7.19. The van der Waals surface area contributed by atoms with Crippen LogP contribution in [0.25, 0.3) is 0 Å². The van der Waals surface area contributed by atoms with Crippen molar-refractivity contribution in [1.82, 2.24) is 0 Å². The van der Waals surface area contributed by atoms with E-state index in [4.69, 9.17) is 9.84 Å². The third kappa shape index (κ3) is 14.6. The number of carbonyl (C=O) groups excluding carboxylic acids is 1. The number of hydrogen-bond acceptors (Lipinski definition) is 3. The molecule has 0 rings (SSSR count). The van der Waals surface area contributed by atoms with Gasteiger partial charge in [-0.05, 0) is 38.5 Å². The zero-order valence-electron chi connectivity index (χ0n) is 11.9. The second-order valence-electron chi connectivity index (χ2n) is 4.55. The van der Waals surface area contributed by atoms with E-state index in [0.29, 0.717) is 25.9 Å². The van der Waals surface area contributed by atoms with Crippen molar-refractivity contribution in [2.24, 2.45) is 0 Å². The van der Waals surface area contributed by atoms with Crippen LogP contribution in [0.3, 0.4) is 0 Å². The topological polar surface area (TPSA) is 63.6 Å². The molecule has 0 radical (unpaired) electrons. The molecule has 0 unspecified atom stereocenters. The Labute approximate surface area is 115 Å². The molecule has 0 amide bonds. The number of hydrogen-bond donors (Lipinski definition) is 1. The van der Waals surface area contributed by atoms with Crippen LogP contribution in [0.4, 0.5) is 0 Å². The summed E-state index contributed by atoms with van der Waals surface area (Å²) in [4.78, 5) is 21.6. The lowest BCUT2D eigenvalue weighted by molar-refractivity contribution is -0.143. The van der Waals surface area contributed by atoms with Crippen molar-refractivity contribution >= 4 is 11.9 Å². The fraction of sp³-hybridized carbons (Fsp3) is 0.733. The Morgan fingerprint density at radius 2 is 1.74 bits per heavy atom. The summed E-state index contributed by atoms with van der Waals surface area (Å²) >= 11 is 0. The van der Waals surface area contributed by atoms with Crippen molar-refractivity contribution in [3.8, 4) is 0 Å². The third-order valence-corrected chi connectivity index (χ3v) is 2.70. The maximum absolute atomic E-state index is 11.3. The van der Waals surface area contributed by atoms with E-state index in [1.807, 2.05) is 0 Å². The van der Waals surface area contributed by atoms with Gasteiger partial charge < -0.3 is 9.84 Å². The molecule has 0 aliphatic heterocycles. The molecule has 0 fully saturated rings. The zero-order chi connectivity index (χ0) is 14.3. The van der Waals surface area contributed by atoms with Crippen molar-refractivity contribution in [2.75, 3.05) is 6.61 Å². The predicted molar refractivity (Wildman–Crippen MR) is 75.0 cm³/mol. The average molecular weight is 270 g/mol. The number of allylic oxidation sites excluding steroid dienone is 2. The van der Waals surface area contributed by atoms with Gasteiger partial charge in [-0.2, -0.15) is 0 Å². The summed E-state index contributed by atoms with van der Waals surface area (Å²) in [5, 5.41) is 8.45. The number of carboxylic acid groups (broad SMARTS) is 1. The maximum Gasteiger partial charge on any atom is 0.305 e. The highest BCUT2D eigenvalue weighted by atomic mass is 16.5. The monoisotopic (exact) mass is 270 g/mol. The molecule has 4 nitrogen and oxygen atoms in total. The highest BCUT2D eigenvalue weighted by Gasteiger charge is 2.03. The first-order chi connectivity index (χ1) is 9.16. The molecule has 0 atom stereocenters. The lowest BCUT2D eigenvalue weighted by atomic mass is 10.1. The lowest BCUT2D eigenvalue weighted by Crippen LogP contribution is -2.05. The van der Waals surface area contributed by atoms with Gasteiger partial charge in [0.1, 0.15) is 0 Å². The van der Waals surface area contributed by atoms with Gasteiger partial charge >= 0.3 is 11.9 Å². The summed E-state index contributed by atoms with van der Waals surface area (Å²) < 4.78 is 5.10. The number of aliphatic carboxylic acids is 1. The van der Waals surface area contributed by atoms with Crippen molar-refractivity contribution in [1.29, 1.82) is 0 Å². The van der Waals surface area contributed by atoms with Gasteiger partial charge in [-0.15, -0.1) is 0 Å². The highest BCUT2D eigenvalue weighted by molar-refractivity contribution is 5.69.